The predicted molar refractivity (Wildman–Crippen MR) is 77.1 cm³/mol. The van der Waals surface area contributed by atoms with E-state index in [1.54, 1.807) is 11.8 Å². The van der Waals surface area contributed by atoms with Crippen LogP contribution in [0.5, 0.6) is 0 Å². The standard InChI is InChI=1S/C14H22N4O2/c1-9-10(12(20)18-7-5-15-6-8-18)11(19)17-13(16-9)14(2,3)4/h15H,5-8H2,1-4H3,(H,16,17,19). The van der Waals surface area contributed by atoms with Crippen LogP contribution in [0.25, 0.3) is 0 Å². The summed E-state index contributed by atoms with van der Waals surface area (Å²) in [5, 5.41) is 3.18. The van der Waals surface area contributed by atoms with Gasteiger partial charge in [0.25, 0.3) is 11.5 Å². The fourth-order valence-electron chi connectivity index (χ4n) is 2.22. The third-order valence-electron chi connectivity index (χ3n) is 3.43. The summed E-state index contributed by atoms with van der Waals surface area (Å²) in [6, 6.07) is 0. The lowest BCUT2D eigenvalue weighted by molar-refractivity contribution is 0.0732. The van der Waals surface area contributed by atoms with Crippen LogP contribution in [0.4, 0.5) is 0 Å². The largest absolute Gasteiger partial charge is 0.336 e. The maximum Gasteiger partial charge on any atom is 0.264 e. The third-order valence-corrected chi connectivity index (χ3v) is 3.43. The molecule has 0 radical (unpaired) electrons. The molecule has 1 aliphatic heterocycles. The minimum absolute atomic E-state index is 0.167. The van der Waals surface area contributed by atoms with E-state index in [0.717, 1.165) is 13.1 Å². The van der Waals surface area contributed by atoms with Gasteiger partial charge in [0.05, 0.1) is 5.69 Å². The van der Waals surface area contributed by atoms with E-state index in [4.69, 9.17) is 0 Å². The Morgan fingerprint density at radius 1 is 1.25 bits per heavy atom. The summed E-state index contributed by atoms with van der Waals surface area (Å²) in [5.74, 6) is 0.384. The van der Waals surface area contributed by atoms with Gasteiger partial charge in [-0.25, -0.2) is 4.98 Å². The normalized spacial score (nSPS) is 16.3. The maximum atomic E-state index is 12.4. The van der Waals surface area contributed by atoms with Gasteiger partial charge in [-0.05, 0) is 6.92 Å². The lowest BCUT2D eigenvalue weighted by Gasteiger charge is -2.27. The molecule has 1 aromatic heterocycles. The lowest BCUT2D eigenvalue weighted by Crippen LogP contribution is -2.48. The number of aromatic nitrogens is 2. The first-order chi connectivity index (χ1) is 9.30. The summed E-state index contributed by atoms with van der Waals surface area (Å²) in [6.45, 7) is 10.4. The fourth-order valence-corrected chi connectivity index (χ4v) is 2.22. The molecule has 1 aromatic rings. The van der Waals surface area contributed by atoms with Crippen LogP contribution in [0.2, 0.25) is 0 Å². The van der Waals surface area contributed by atoms with E-state index < -0.39 is 0 Å². The second kappa shape index (κ2) is 5.36. The highest BCUT2D eigenvalue weighted by atomic mass is 16.2. The quantitative estimate of drug-likeness (QED) is 0.780. The summed E-state index contributed by atoms with van der Waals surface area (Å²) in [6.07, 6.45) is 0. The maximum absolute atomic E-state index is 12.4. The van der Waals surface area contributed by atoms with Crippen molar-refractivity contribution in [1.82, 2.24) is 20.2 Å². The average Bonchev–Trinajstić information content (AvgIpc) is 2.37. The zero-order valence-electron chi connectivity index (χ0n) is 12.5. The number of hydrogen-bond acceptors (Lipinski definition) is 4. The minimum atomic E-state index is -0.342. The van der Waals surface area contributed by atoms with Crippen molar-refractivity contribution in [2.45, 2.75) is 33.1 Å². The summed E-state index contributed by atoms with van der Waals surface area (Å²) in [4.78, 5) is 33.5. The molecule has 20 heavy (non-hydrogen) atoms. The van der Waals surface area contributed by atoms with Crippen molar-refractivity contribution in [3.8, 4) is 0 Å². The van der Waals surface area contributed by atoms with Crippen LogP contribution in [0.1, 0.15) is 42.6 Å². The van der Waals surface area contributed by atoms with E-state index in [1.165, 1.54) is 0 Å². The van der Waals surface area contributed by atoms with Gasteiger partial charge >= 0.3 is 0 Å². The molecule has 2 heterocycles. The van der Waals surface area contributed by atoms with Crippen molar-refractivity contribution in [3.63, 3.8) is 0 Å². The van der Waals surface area contributed by atoms with Gasteiger partial charge in [0.15, 0.2) is 0 Å². The van der Waals surface area contributed by atoms with Crippen molar-refractivity contribution < 1.29 is 4.79 Å². The first-order valence-electron chi connectivity index (χ1n) is 6.92. The van der Waals surface area contributed by atoms with Crippen LogP contribution in [-0.2, 0) is 5.41 Å². The van der Waals surface area contributed by atoms with Crippen LogP contribution >= 0.6 is 0 Å². The highest BCUT2D eigenvalue weighted by molar-refractivity contribution is 5.94. The first kappa shape index (κ1) is 14.7. The highest BCUT2D eigenvalue weighted by Gasteiger charge is 2.25. The van der Waals surface area contributed by atoms with E-state index in [1.807, 2.05) is 20.8 Å². The van der Waals surface area contributed by atoms with Crippen LogP contribution in [-0.4, -0.2) is 47.0 Å². The van der Waals surface area contributed by atoms with Gasteiger partial charge in [-0.1, -0.05) is 20.8 Å². The molecule has 6 heteroatoms. The Labute approximate surface area is 118 Å². The number of carbonyl (C=O) groups excluding carboxylic acids is 1. The Bertz CT molecular complexity index is 566. The smallest absolute Gasteiger partial charge is 0.264 e. The number of aryl methyl sites for hydroxylation is 1. The second-order valence-corrected chi connectivity index (χ2v) is 6.17. The second-order valence-electron chi connectivity index (χ2n) is 6.17. The molecule has 1 aliphatic rings. The lowest BCUT2D eigenvalue weighted by atomic mass is 9.95. The predicted octanol–water partition coefficient (Wildman–Crippen LogP) is 0.421. The number of hydrogen-bond donors (Lipinski definition) is 2. The molecule has 0 spiro atoms. The molecule has 0 unspecified atom stereocenters. The number of H-pyrrole nitrogens is 1. The van der Waals surface area contributed by atoms with Crippen LogP contribution < -0.4 is 10.9 Å². The summed E-state index contributed by atoms with van der Waals surface area (Å²) < 4.78 is 0. The molecule has 1 saturated heterocycles. The molecular formula is C14H22N4O2. The molecular weight excluding hydrogens is 256 g/mol. The molecule has 2 rings (SSSR count). The zero-order chi connectivity index (χ0) is 14.9. The van der Waals surface area contributed by atoms with Crippen LogP contribution in [0, 0.1) is 6.92 Å². The number of nitrogens with zero attached hydrogens (tertiary/aromatic N) is 2. The van der Waals surface area contributed by atoms with Crippen molar-refractivity contribution in [1.29, 1.82) is 0 Å². The molecule has 1 fully saturated rings. The Morgan fingerprint density at radius 2 is 1.85 bits per heavy atom. The zero-order valence-corrected chi connectivity index (χ0v) is 12.5. The molecule has 2 N–H and O–H groups in total. The molecule has 110 valence electrons. The van der Waals surface area contributed by atoms with E-state index in [9.17, 15) is 9.59 Å². The molecule has 1 amide bonds. The van der Waals surface area contributed by atoms with Crippen LogP contribution in [0.3, 0.4) is 0 Å². The van der Waals surface area contributed by atoms with E-state index in [2.05, 4.69) is 15.3 Å². The average molecular weight is 278 g/mol. The number of amides is 1. The molecule has 0 aromatic carbocycles. The van der Waals surface area contributed by atoms with Crippen molar-refractivity contribution in [2.75, 3.05) is 26.2 Å². The van der Waals surface area contributed by atoms with Gasteiger partial charge in [-0.3, -0.25) is 9.59 Å². The Morgan fingerprint density at radius 3 is 2.35 bits per heavy atom. The minimum Gasteiger partial charge on any atom is -0.336 e. The van der Waals surface area contributed by atoms with Crippen molar-refractivity contribution in [2.24, 2.45) is 0 Å². The van der Waals surface area contributed by atoms with E-state index in [0.29, 0.717) is 24.6 Å². The van der Waals surface area contributed by atoms with Crippen LogP contribution in [0.15, 0.2) is 4.79 Å². The number of carbonyl (C=O) groups is 1. The SMILES string of the molecule is Cc1nc(C(C)(C)C)[nH]c(=O)c1C(=O)N1CCNCC1. The summed E-state index contributed by atoms with van der Waals surface area (Å²) >= 11 is 0. The molecule has 0 bridgehead atoms. The van der Waals surface area contributed by atoms with Gasteiger partial charge in [0, 0.05) is 31.6 Å². The number of aromatic amines is 1. The van der Waals surface area contributed by atoms with E-state index in [-0.39, 0.29) is 22.4 Å². The molecule has 0 aliphatic carbocycles. The topological polar surface area (TPSA) is 78.1 Å². The van der Waals surface area contributed by atoms with E-state index >= 15 is 0 Å². The highest BCUT2D eigenvalue weighted by Crippen LogP contribution is 2.17. The van der Waals surface area contributed by atoms with Gasteiger partial charge in [0.2, 0.25) is 0 Å². The van der Waals surface area contributed by atoms with Gasteiger partial charge < -0.3 is 15.2 Å². The number of piperazine rings is 1. The van der Waals surface area contributed by atoms with Gasteiger partial charge in [-0.15, -0.1) is 0 Å². The molecule has 0 saturated carbocycles. The van der Waals surface area contributed by atoms with Gasteiger partial charge in [0.1, 0.15) is 11.4 Å². The summed E-state index contributed by atoms with van der Waals surface area (Å²) in [7, 11) is 0. The molecule has 6 nitrogen and oxygen atoms in total. The number of nitrogens with one attached hydrogen (secondary N) is 2. The summed E-state index contributed by atoms with van der Waals surface area (Å²) in [5.41, 5.74) is 0.0774. The number of rotatable bonds is 1. The molecule has 0 atom stereocenters. The third kappa shape index (κ3) is 2.90. The monoisotopic (exact) mass is 278 g/mol. The van der Waals surface area contributed by atoms with Gasteiger partial charge in [-0.2, -0.15) is 0 Å². The Hall–Kier alpha value is -1.69. The Kier molecular flexibility index (Phi) is 3.94. The first-order valence-corrected chi connectivity index (χ1v) is 6.92. The van der Waals surface area contributed by atoms with Crippen molar-refractivity contribution in [3.05, 3.63) is 27.4 Å². The fraction of sp³-hybridized carbons (Fsp3) is 0.643. The Balaban J connectivity index is 2.37. The van der Waals surface area contributed by atoms with Crippen molar-refractivity contribution >= 4 is 5.91 Å².